The first-order chi connectivity index (χ1) is 15.3. The van der Waals surface area contributed by atoms with Gasteiger partial charge in [0.2, 0.25) is 0 Å². The van der Waals surface area contributed by atoms with Gasteiger partial charge in [-0.1, -0.05) is 25.3 Å². The molecule has 1 aromatic rings. The Kier molecular flexibility index (Phi) is 13.1. The minimum absolute atomic E-state index is 0.0353. The molecule has 0 aromatic heterocycles. The molecule has 176 valence electrons. The summed E-state index contributed by atoms with van der Waals surface area (Å²) in [7, 11) is 0. The minimum atomic E-state index is -0.550. The number of rotatable bonds is 16. The number of carbonyl (C=O) groups is 3. The number of esters is 3. The Labute approximate surface area is 187 Å². The van der Waals surface area contributed by atoms with Gasteiger partial charge in [-0.2, -0.15) is 0 Å². The third-order valence-corrected chi connectivity index (χ3v) is 3.67. The molecule has 0 fully saturated rings. The first-order valence-electron chi connectivity index (χ1n) is 10.0. The van der Waals surface area contributed by atoms with E-state index in [0.717, 1.165) is 0 Å². The second kappa shape index (κ2) is 15.6. The summed E-state index contributed by atoms with van der Waals surface area (Å²) in [5, 5.41) is 0. The van der Waals surface area contributed by atoms with Crippen molar-refractivity contribution in [2.45, 2.75) is 13.8 Å². The third kappa shape index (κ3) is 11.3. The molecule has 32 heavy (non-hydrogen) atoms. The van der Waals surface area contributed by atoms with Gasteiger partial charge in [0, 0.05) is 11.1 Å². The SMILES string of the molecule is C=C(C)C(=O)OCCOCCOC(=O)c1ccccc1OCCOCCOC(=O)C(=C)C. The topological polar surface area (TPSA) is 107 Å². The van der Waals surface area contributed by atoms with Crippen molar-refractivity contribution in [1.82, 2.24) is 0 Å². The van der Waals surface area contributed by atoms with E-state index >= 15 is 0 Å². The van der Waals surface area contributed by atoms with E-state index < -0.39 is 17.9 Å². The molecule has 0 aliphatic heterocycles. The summed E-state index contributed by atoms with van der Waals surface area (Å²) in [5.41, 5.74) is 0.918. The molecule has 0 N–H and O–H groups in total. The lowest BCUT2D eigenvalue weighted by Crippen LogP contribution is -2.16. The van der Waals surface area contributed by atoms with Crippen LogP contribution in [0.4, 0.5) is 0 Å². The summed E-state index contributed by atoms with van der Waals surface area (Å²) in [4.78, 5) is 34.7. The molecular formula is C23H30O9. The number of carbonyl (C=O) groups excluding carboxylic acids is 3. The van der Waals surface area contributed by atoms with Gasteiger partial charge in [-0.15, -0.1) is 0 Å². The third-order valence-electron chi connectivity index (χ3n) is 3.67. The molecule has 0 aliphatic carbocycles. The molecule has 0 amide bonds. The van der Waals surface area contributed by atoms with Crippen molar-refractivity contribution in [1.29, 1.82) is 0 Å². The summed E-state index contributed by atoms with van der Waals surface area (Å²) < 4.78 is 31.1. The molecule has 0 radical (unpaired) electrons. The van der Waals surface area contributed by atoms with Crippen molar-refractivity contribution in [2.75, 3.05) is 52.9 Å². The van der Waals surface area contributed by atoms with Crippen LogP contribution in [0, 0.1) is 0 Å². The van der Waals surface area contributed by atoms with Crippen molar-refractivity contribution in [2.24, 2.45) is 0 Å². The lowest BCUT2D eigenvalue weighted by atomic mass is 10.2. The summed E-state index contributed by atoms with van der Waals surface area (Å²) in [5.74, 6) is -1.13. The zero-order chi connectivity index (χ0) is 23.8. The molecule has 0 atom stereocenters. The van der Waals surface area contributed by atoms with Crippen LogP contribution in [0.15, 0.2) is 48.6 Å². The molecule has 0 saturated carbocycles. The molecule has 0 heterocycles. The zero-order valence-corrected chi connectivity index (χ0v) is 18.6. The summed E-state index contributed by atoms with van der Waals surface area (Å²) in [6, 6.07) is 6.67. The zero-order valence-electron chi connectivity index (χ0n) is 18.6. The maximum Gasteiger partial charge on any atom is 0.342 e. The maximum absolute atomic E-state index is 12.3. The summed E-state index contributed by atoms with van der Waals surface area (Å²) in [6.45, 7) is 11.3. The van der Waals surface area contributed by atoms with E-state index in [-0.39, 0.29) is 58.4 Å². The molecule has 0 spiro atoms. The Hall–Kier alpha value is -3.17. The van der Waals surface area contributed by atoms with Crippen LogP contribution in [-0.2, 0) is 33.3 Å². The average Bonchev–Trinajstić information content (AvgIpc) is 2.77. The Morgan fingerprint density at radius 2 is 1.16 bits per heavy atom. The fraction of sp³-hybridized carbons (Fsp3) is 0.435. The fourth-order valence-corrected chi connectivity index (χ4v) is 2.08. The van der Waals surface area contributed by atoms with Gasteiger partial charge in [-0.3, -0.25) is 0 Å². The van der Waals surface area contributed by atoms with Crippen molar-refractivity contribution < 1.29 is 42.8 Å². The van der Waals surface area contributed by atoms with Crippen LogP contribution in [0.3, 0.4) is 0 Å². The molecule has 1 aromatic carbocycles. The highest BCUT2D eigenvalue weighted by molar-refractivity contribution is 5.92. The fourth-order valence-electron chi connectivity index (χ4n) is 2.08. The van der Waals surface area contributed by atoms with Crippen LogP contribution in [0.25, 0.3) is 0 Å². The van der Waals surface area contributed by atoms with Gasteiger partial charge in [0.05, 0.1) is 26.4 Å². The Morgan fingerprint density at radius 3 is 1.69 bits per heavy atom. The molecule has 9 nitrogen and oxygen atoms in total. The highest BCUT2D eigenvalue weighted by Gasteiger charge is 2.13. The molecule has 1 rings (SSSR count). The van der Waals surface area contributed by atoms with Crippen molar-refractivity contribution >= 4 is 17.9 Å². The largest absolute Gasteiger partial charge is 0.490 e. The second-order valence-corrected chi connectivity index (χ2v) is 6.54. The normalized spacial score (nSPS) is 10.2. The molecule has 0 aliphatic rings. The van der Waals surface area contributed by atoms with Crippen molar-refractivity contribution in [3.63, 3.8) is 0 Å². The number of para-hydroxylation sites is 1. The predicted molar refractivity (Wildman–Crippen MR) is 115 cm³/mol. The van der Waals surface area contributed by atoms with Gasteiger partial charge >= 0.3 is 17.9 Å². The van der Waals surface area contributed by atoms with Crippen LogP contribution in [0.5, 0.6) is 5.75 Å². The number of benzene rings is 1. The lowest BCUT2D eigenvalue weighted by molar-refractivity contribution is -0.141. The van der Waals surface area contributed by atoms with Crippen LogP contribution in [-0.4, -0.2) is 70.8 Å². The highest BCUT2D eigenvalue weighted by atomic mass is 16.6. The van der Waals surface area contributed by atoms with Crippen LogP contribution in [0.2, 0.25) is 0 Å². The molecular weight excluding hydrogens is 420 g/mol. The second-order valence-electron chi connectivity index (χ2n) is 6.54. The molecule has 0 bridgehead atoms. The smallest absolute Gasteiger partial charge is 0.342 e. The number of hydrogen-bond acceptors (Lipinski definition) is 9. The standard InChI is InChI=1S/C23H30O9/c1-17(2)21(24)30-14-10-27-9-13-29-20-8-6-5-7-19(20)23(26)32-16-12-28-11-15-31-22(25)18(3)4/h5-8H,1,3,9-16H2,2,4H3. The Morgan fingerprint density at radius 1 is 0.688 bits per heavy atom. The van der Waals surface area contributed by atoms with Crippen LogP contribution >= 0.6 is 0 Å². The predicted octanol–water partition coefficient (Wildman–Crippen LogP) is 2.49. The first kappa shape index (κ1) is 26.9. The quantitative estimate of drug-likeness (QED) is 0.162. The monoisotopic (exact) mass is 450 g/mol. The van der Waals surface area contributed by atoms with Crippen LogP contribution in [0.1, 0.15) is 24.2 Å². The van der Waals surface area contributed by atoms with E-state index in [4.69, 9.17) is 28.4 Å². The van der Waals surface area contributed by atoms with E-state index in [2.05, 4.69) is 13.2 Å². The summed E-state index contributed by atoms with van der Waals surface area (Å²) >= 11 is 0. The number of hydrogen-bond donors (Lipinski definition) is 0. The Balaban J connectivity index is 2.23. The van der Waals surface area contributed by atoms with Crippen LogP contribution < -0.4 is 4.74 Å². The maximum atomic E-state index is 12.3. The van der Waals surface area contributed by atoms with Gasteiger partial charge in [0.1, 0.15) is 37.7 Å². The van der Waals surface area contributed by atoms with E-state index in [0.29, 0.717) is 16.9 Å². The van der Waals surface area contributed by atoms with Gasteiger partial charge in [0.25, 0.3) is 0 Å². The van der Waals surface area contributed by atoms with Gasteiger partial charge < -0.3 is 28.4 Å². The molecule has 0 saturated heterocycles. The molecule has 0 unspecified atom stereocenters. The Bertz CT molecular complexity index is 785. The van der Waals surface area contributed by atoms with E-state index in [1.54, 1.807) is 38.1 Å². The van der Waals surface area contributed by atoms with Crippen molar-refractivity contribution in [3.05, 3.63) is 54.1 Å². The first-order valence-corrected chi connectivity index (χ1v) is 10.0. The van der Waals surface area contributed by atoms with E-state index in [1.807, 2.05) is 0 Å². The average molecular weight is 450 g/mol. The van der Waals surface area contributed by atoms with Crippen molar-refractivity contribution in [3.8, 4) is 5.75 Å². The number of ether oxygens (including phenoxy) is 6. The van der Waals surface area contributed by atoms with E-state index in [1.165, 1.54) is 0 Å². The van der Waals surface area contributed by atoms with Gasteiger partial charge in [-0.25, -0.2) is 14.4 Å². The lowest BCUT2D eigenvalue weighted by Gasteiger charge is -2.12. The van der Waals surface area contributed by atoms with E-state index in [9.17, 15) is 14.4 Å². The van der Waals surface area contributed by atoms with Gasteiger partial charge in [0.15, 0.2) is 0 Å². The minimum Gasteiger partial charge on any atom is -0.490 e. The summed E-state index contributed by atoms with van der Waals surface area (Å²) in [6.07, 6.45) is 0. The molecule has 9 heteroatoms. The van der Waals surface area contributed by atoms with Gasteiger partial charge in [-0.05, 0) is 26.0 Å². The highest BCUT2D eigenvalue weighted by Crippen LogP contribution is 2.18.